The third kappa shape index (κ3) is 2.94. The van der Waals surface area contributed by atoms with Crippen LogP contribution in [0.4, 0.5) is 0 Å². The molecule has 3 heterocycles. The zero-order chi connectivity index (χ0) is 17.3. The maximum absolute atomic E-state index is 12.5. The first kappa shape index (κ1) is 16.3. The molecule has 0 atom stereocenters. The number of rotatable bonds is 3. The number of carbonyl (C=O) groups is 2. The van der Waals surface area contributed by atoms with Gasteiger partial charge in [0.1, 0.15) is 5.15 Å². The quantitative estimate of drug-likeness (QED) is 0.798. The van der Waals surface area contributed by atoms with Crippen LogP contribution < -0.4 is 0 Å². The molecule has 0 radical (unpaired) electrons. The van der Waals surface area contributed by atoms with Gasteiger partial charge in [0.25, 0.3) is 5.91 Å². The molecule has 0 bridgehead atoms. The average molecular weight is 349 g/mol. The second-order valence-corrected chi connectivity index (χ2v) is 5.83. The topological polar surface area (TPSA) is 71.6 Å². The number of hydrogen-bond acceptors (Lipinski definition) is 4. The van der Waals surface area contributed by atoms with Gasteiger partial charge in [-0.05, 0) is 31.6 Å². The molecule has 0 unspecified atom stereocenters. The number of aromatic nitrogens is 2. The van der Waals surface area contributed by atoms with Gasteiger partial charge in [-0.2, -0.15) is 5.10 Å². The van der Waals surface area contributed by atoms with E-state index in [2.05, 4.69) is 5.10 Å². The Kier molecular flexibility index (Phi) is 4.44. The molecule has 24 heavy (non-hydrogen) atoms. The maximum atomic E-state index is 12.5. The smallest absolute Gasteiger partial charge is 0.308 e. The molecule has 126 valence electrons. The van der Waals surface area contributed by atoms with Crippen LogP contribution in [0.25, 0.3) is 6.08 Å². The summed E-state index contributed by atoms with van der Waals surface area (Å²) in [7, 11) is 1.73. The molecule has 1 aliphatic heterocycles. The number of carbonyl (C=O) groups excluding carboxylic acids is 2. The number of furan rings is 1. The van der Waals surface area contributed by atoms with Gasteiger partial charge in [0.15, 0.2) is 5.76 Å². The fourth-order valence-electron chi connectivity index (χ4n) is 2.66. The van der Waals surface area contributed by atoms with Crippen LogP contribution in [0.2, 0.25) is 5.15 Å². The second-order valence-electron chi connectivity index (χ2n) is 5.47. The summed E-state index contributed by atoms with van der Waals surface area (Å²) in [6.07, 6.45) is 5.19. The van der Waals surface area contributed by atoms with Crippen molar-refractivity contribution in [1.29, 1.82) is 0 Å². The summed E-state index contributed by atoms with van der Waals surface area (Å²) in [5, 5.41) is 7.48. The highest BCUT2D eigenvalue weighted by atomic mass is 35.5. The number of hydrazine groups is 1. The van der Waals surface area contributed by atoms with E-state index in [4.69, 9.17) is 16.0 Å². The highest BCUT2D eigenvalue weighted by Crippen LogP contribution is 2.21. The van der Waals surface area contributed by atoms with Gasteiger partial charge in [0.05, 0.1) is 12.0 Å². The Morgan fingerprint density at radius 1 is 1.33 bits per heavy atom. The van der Waals surface area contributed by atoms with E-state index in [0.717, 1.165) is 12.1 Å². The molecule has 0 aliphatic carbocycles. The minimum Gasteiger partial charge on any atom is -0.459 e. The van der Waals surface area contributed by atoms with Crippen molar-refractivity contribution in [3.63, 3.8) is 0 Å². The fourth-order valence-corrected chi connectivity index (χ4v) is 2.89. The van der Waals surface area contributed by atoms with Crippen molar-refractivity contribution in [2.75, 3.05) is 13.1 Å². The summed E-state index contributed by atoms with van der Waals surface area (Å²) in [6.45, 7) is 2.78. The zero-order valence-electron chi connectivity index (χ0n) is 13.4. The molecule has 7 nitrogen and oxygen atoms in total. The monoisotopic (exact) mass is 348 g/mol. The van der Waals surface area contributed by atoms with E-state index in [1.807, 2.05) is 6.92 Å². The second kappa shape index (κ2) is 6.52. The first-order valence-corrected chi connectivity index (χ1v) is 7.91. The van der Waals surface area contributed by atoms with Crippen LogP contribution in [0, 0.1) is 6.92 Å². The first-order valence-electron chi connectivity index (χ1n) is 7.53. The van der Waals surface area contributed by atoms with Crippen LogP contribution in [-0.2, 0) is 11.8 Å². The lowest BCUT2D eigenvalue weighted by Crippen LogP contribution is -2.44. The van der Waals surface area contributed by atoms with E-state index in [9.17, 15) is 9.59 Å². The summed E-state index contributed by atoms with van der Waals surface area (Å²) in [5.74, 6) is -0.397. The Bertz CT molecular complexity index is 795. The summed E-state index contributed by atoms with van der Waals surface area (Å²) in [5.41, 5.74) is 1.42. The normalized spacial score (nSPS) is 14.8. The molecule has 0 aromatic carbocycles. The van der Waals surface area contributed by atoms with Crippen molar-refractivity contribution in [1.82, 2.24) is 19.8 Å². The molecule has 2 aromatic heterocycles. The minimum atomic E-state index is -0.324. The van der Waals surface area contributed by atoms with Crippen molar-refractivity contribution in [2.24, 2.45) is 7.05 Å². The lowest BCUT2D eigenvalue weighted by molar-refractivity contribution is -0.135. The van der Waals surface area contributed by atoms with Crippen molar-refractivity contribution in [3.8, 4) is 0 Å². The number of halogens is 1. The van der Waals surface area contributed by atoms with Gasteiger partial charge in [-0.25, -0.2) is 10.0 Å². The van der Waals surface area contributed by atoms with Gasteiger partial charge >= 0.3 is 5.91 Å². The van der Waals surface area contributed by atoms with Crippen LogP contribution >= 0.6 is 11.6 Å². The molecule has 0 spiro atoms. The number of aryl methyl sites for hydroxylation is 2. The van der Waals surface area contributed by atoms with Crippen LogP contribution in [0.3, 0.4) is 0 Å². The Morgan fingerprint density at radius 2 is 2.08 bits per heavy atom. The molecule has 2 aromatic rings. The molecular formula is C16H17ClN4O3. The minimum absolute atomic E-state index is 0.213. The van der Waals surface area contributed by atoms with Crippen molar-refractivity contribution in [3.05, 3.63) is 46.6 Å². The Morgan fingerprint density at radius 3 is 2.71 bits per heavy atom. The Hall–Kier alpha value is -2.54. The van der Waals surface area contributed by atoms with E-state index in [1.54, 1.807) is 29.9 Å². The Labute approximate surface area is 144 Å². The third-order valence-corrected chi connectivity index (χ3v) is 4.29. The lowest BCUT2D eigenvalue weighted by atomic mass is 10.2. The molecule has 2 amide bonds. The van der Waals surface area contributed by atoms with E-state index < -0.39 is 0 Å². The highest BCUT2D eigenvalue weighted by Gasteiger charge is 2.31. The predicted molar refractivity (Wildman–Crippen MR) is 88.1 cm³/mol. The molecule has 1 fully saturated rings. The van der Waals surface area contributed by atoms with Gasteiger partial charge in [-0.15, -0.1) is 0 Å². The average Bonchev–Trinajstić information content (AvgIpc) is 3.28. The summed E-state index contributed by atoms with van der Waals surface area (Å²) >= 11 is 6.15. The first-order chi connectivity index (χ1) is 11.5. The number of hydrogen-bond donors (Lipinski definition) is 0. The Balaban J connectivity index is 1.76. The number of nitrogens with zero attached hydrogens (tertiary/aromatic N) is 4. The lowest BCUT2D eigenvalue weighted by Gasteiger charge is -2.25. The summed E-state index contributed by atoms with van der Waals surface area (Å²) in [4.78, 5) is 24.9. The third-order valence-electron chi connectivity index (χ3n) is 3.84. The van der Waals surface area contributed by atoms with Crippen LogP contribution in [0.15, 0.2) is 28.9 Å². The predicted octanol–water partition coefficient (Wildman–Crippen LogP) is 2.28. The largest absolute Gasteiger partial charge is 0.459 e. The van der Waals surface area contributed by atoms with Crippen molar-refractivity contribution >= 4 is 29.5 Å². The molecule has 3 rings (SSSR count). The van der Waals surface area contributed by atoms with Crippen LogP contribution in [-0.4, -0.2) is 44.7 Å². The van der Waals surface area contributed by atoms with E-state index in [1.165, 1.54) is 22.4 Å². The van der Waals surface area contributed by atoms with Crippen molar-refractivity contribution in [2.45, 2.75) is 13.3 Å². The SMILES string of the molecule is Cc1nn(C)c(Cl)c1/C=C/C(=O)N1CCCN1C(=O)c1ccco1. The van der Waals surface area contributed by atoms with Gasteiger partial charge in [-0.1, -0.05) is 11.6 Å². The zero-order valence-corrected chi connectivity index (χ0v) is 14.2. The van der Waals surface area contributed by atoms with Gasteiger partial charge in [0, 0.05) is 31.8 Å². The molecule has 1 saturated heterocycles. The maximum Gasteiger partial charge on any atom is 0.308 e. The molecular weight excluding hydrogens is 332 g/mol. The van der Waals surface area contributed by atoms with E-state index in [0.29, 0.717) is 23.8 Å². The van der Waals surface area contributed by atoms with E-state index >= 15 is 0 Å². The van der Waals surface area contributed by atoms with E-state index in [-0.39, 0.29) is 17.6 Å². The molecule has 0 N–H and O–H groups in total. The molecule has 1 aliphatic rings. The van der Waals surface area contributed by atoms with Gasteiger partial charge in [0.2, 0.25) is 0 Å². The van der Waals surface area contributed by atoms with Gasteiger partial charge < -0.3 is 4.42 Å². The summed E-state index contributed by atoms with van der Waals surface area (Å²) in [6, 6.07) is 3.22. The van der Waals surface area contributed by atoms with Crippen LogP contribution in [0.5, 0.6) is 0 Å². The molecule has 8 heteroatoms. The van der Waals surface area contributed by atoms with Gasteiger partial charge in [-0.3, -0.25) is 14.3 Å². The van der Waals surface area contributed by atoms with Crippen LogP contribution in [0.1, 0.15) is 28.2 Å². The van der Waals surface area contributed by atoms with Crippen molar-refractivity contribution < 1.29 is 14.0 Å². The standard InChI is InChI=1S/C16H17ClN4O3/c1-11-12(15(17)19(2)18-11)6-7-14(22)20-8-4-9-21(20)16(23)13-5-3-10-24-13/h3,5-7,10H,4,8-9H2,1-2H3/b7-6+. The fraction of sp³-hybridized carbons (Fsp3) is 0.312. The highest BCUT2D eigenvalue weighted by molar-refractivity contribution is 6.31. The molecule has 0 saturated carbocycles. The summed E-state index contributed by atoms with van der Waals surface area (Å²) < 4.78 is 6.67. The number of amides is 2.